The average molecular weight is 207 g/mol. The average Bonchev–Trinajstić information content (AvgIpc) is 2.23. The fraction of sp³-hybridized carbons (Fsp3) is 0.500. The Morgan fingerprint density at radius 1 is 1.47 bits per heavy atom. The second-order valence-corrected chi connectivity index (χ2v) is 4.38. The zero-order valence-electron chi connectivity index (χ0n) is 9.08. The van der Waals surface area contributed by atoms with Crippen LogP contribution in [-0.2, 0) is 10.5 Å². The molecule has 0 atom stereocenters. The van der Waals surface area contributed by atoms with E-state index in [1.165, 1.54) is 0 Å². The van der Waals surface area contributed by atoms with Crippen LogP contribution < -0.4 is 9.47 Å². The van der Waals surface area contributed by atoms with Crippen molar-refractivity contribution in [1.82, 2.24) is 0 Å². The molecule has 2 rings (SSSR count). The molecule has 15 heavy (non-hydrogen) atoms. The van der Waals surface area contributed by atoms with Gasteiger partial charge in [-0.1, -0.05) is 13.8 Å². The standard InChI is InChI=1S/C12H15O3/c1-12(2)8-15-9-3-4-11(10(12)7-9)14-6-5-13/h3-4,7H,5-6,8H2,1-2H3. The van der Waals surface area contributed by atoms with Gasteiger partial charge < -0.3 is 9.47 Å². The molecule has 1 aliphatic rings. The Kier molecular flexibility index (Phi) is 2.57. The third-order valence-electron chi connectivity index (χ3n) is 2.62. The summed E-state index contributed by atoms with van der Waals surface area (Å²) in [6.45, 7) is 4.88. The number of fused-ring (bicyclic) bond motifs is 2. The largest absolute Gasteiger partial charge is 0.493 e. The predicted molar refractivity (Wildman–Crippen MR) is 56.0 cm³/mol. The molecule has 1 aromatic carbocycles. The fourth-order valence-electron chi connectivity index (χ4n) is 1.75. The normalized spacial score (nSPS) is 17.0. The van der Waals surface area contributed by atoms with Gasteiger partial charge in [-0.15, -0.1) is 0 Å². The number of rotatable bonds is 3. The van der Waals surface area contributed by atoms with E-state index >= 15 is 0 Å². The summed E-state index contributed by atoms with van der Waals surface area (Å²) in [4.78, 5) is 0. The van der Waals surface area contributed by atoms with Crippen molar-refractivity contribution >= 4 is 0 Å². The van der Waals surface area contributed by atoms with E-state index < -0.39 is 0 Å². The first-order chi connectivity index (χ1) is 7.13. The van der Waals surface area contributed by atoms with Crippen molar-refractivity contribution < 1.29 is 14.6 Å². The number of hydrogen-bond donors (Lipinski definition) is 0. The van der Waals surface area contributed by atoms with Gasteiger partial charge in [0, 0.05) is 11.0 Å². The Morgan fingerprint density at radius 3 is 3.00 bits per heavy atom. The molecular formula is C12H15O3. The van der Waals surface area contributed by atoms with Crippen molar-refractivity contribution in [2.75, 3.05) is 19.8 Å². The third-order valence-corrected chi connectivity index (χ3v) is 2.62. The number of hydrogen-bond acceptors (Lipinski definition) is 2. The van der Waals surface area contributed by atoms with Crippen molar-refractivity contribution in [1.29, 1.82) is 0 Å². The molecule has 0 saturated heterocycles. The first-order valence-corrected chi connectivity index (χ1v) is 5.12. The Labute approximate surface area is 89.6 Å². The maximum atomic E-state index is 10.4. The fourth-order valence-corrected chi connectivity index (χ4v) is 1.75. The van der Waals surface area contributed by atoms with Crippen LogP contribution in [0.15, 0.2) is 18.2 Å². The summed E-state index contributed by atoms with van der Waals surface area (Å²) in [5.74, 6) is 1.68. The van der Waals surface area contributed by atoms with Crippen LogP contribution in [0.1, 0.15) is 19.4 Å². The first-order valence-electron chi connectivity index (χ1n) is 5.12. The summed E-state index contributed by atoms with van der Waals surface area (Å²) in [7, 11) is 0. The number of ether oxygens (including phenoxy) is 2. The summed E-state index contributed by atoms with van der Waals surface area (Å²) in [5.41, 5.74) is 1.08. The van der Waals surface area contributed by atoms with Crippen LogP contribution >= 0.6 is 0 Å². The molecular weight excluding hydrogens is 192 g/mol. The van der Waals surface area contributed by atoms with Crippen LogP contribution in [-0.4, -0.2) is 19.8 Å². The summed E-state index contributed by atoms with van der Waals surface area (Å²) in [6.07, 6.45) is 0. The van der Waals surface area contributed by atoms with Gasteiger partial charge in [0.05, 0.1) is 6.61 Å². The highest BCUT2D eigenvalue weighted by molar-refractivity contribution is 5.46. The van der Waals surface area contributed by atoms with Gasteiger partial charge in [-0.3, -0.25) is 0 Å². The van der Waals surface area contributed by atoms with Gasteiger partial charge in [0.1, 0.15) is 24.7 Å². The maximum absolute atomic E-state index is 10.4. The summed E-state index contributed by atoms with van der Waals surface area (Å²) in [6, 6.07) is 5.74. The van der Waals surface area contributed by atoms with E-state index in [0.29, 0.717) is 6.61 Å². The van der Waals surface area contributed by atoms with Crippen LogP contribution in [0.5, 0.6) is 11.5 Å². The molecule has 0 unspecified atom stereocenters. The lowest BCUT2D eigenvalue weighted by molar-refractivity contribution is 0.135. The summed E-state index contributed by atoms with van der Waals surface area (Å²) < 4.78 is 11.0. The molecule has 3 nitrogen and oxygen atoms in total. The lowest BCUT2D eigenvalue weighted by atomic mass is 9.83. The minimum Gasteiger partial charge on any atom is -0.493 e. The Hall–Kier alpha value is -1.22. The SMILES string of the molecule is CC1(C)COc2ccc(OCC[O])c1c2. The molecule has 0 fully saturated rings. The van der Waals surface area contributed by atoms with Crippen molar-refractivity contribution in [2.24, 2.45) is 0 Å². The van der Waals surface area contributed by atoms with E-state index in [4.69, 9.17) is 9.47 Å². The number of benzene rings is 1. The molecule has 1 radical (unpaired) electrons. The molecule has 1 heterocycles. The Morgan fingerprint density at radius 2 is 2.27 bits per heavy atom. The topological polar surface area (TPSA) is 38.4 Å². The van der Waals surface area contributed by atoms with Crippen molar-refractivity contribution in [3.63, 3.8) is 0 Å². The molecule has 0 N–H and O–H groups in total. The van der Waals surface area contributed by atoms with Gasteiger partial charge in [0.15, 0.2) is 0 Å². The second kappa shape index (κ2) is 3.74. The van der Waals surface area contributed by atoms with E-state index in [1.807, 2.05) is 18.2 Å². The summed E-state index contributed by atoms with van der Waals surface area (Å²) in [5, 5.41) is 10.4. The quantitative estimate of drug-likeness (QED) is 0.761. The highest BCUT2D eigenvalue weighted by Gasteiger charge is 2.29. The van der Waals surface area contributed by atoms with Crippen LogP contribution in [0.25, 0.3) is 0 Å². The van der Waals surface area contributed by atoms with E-state index in [2.05, 4.69) is 13.8 Å². The van der Waals surface area contributed by atoms with Crippen molar-refractivity contribution in [3.8, 4) is 11.5 Å². The van der Waals surface area contributed by atoms with Crippen molar-refractivity contribution in [3.05, 3.63) is 23.8 Å². The highest BCUT2D eigenvalue weighted by Crippen LogP contribution is 2.38. The lowest BCUT2D eigenvalue weighted by Gasteiger charge is -2.32. The zero-order chi connectivity index (χ0) is 10.9. The van der Waals surface area contributed by atoms with Gasteiger partial charge in [-0.05, 0) is 18.2 Å². The lowest BCUT2D eigenvalue weighted by Crippen LogP contribution is -2.30. The van der Waals surface area contributed by atoms with E-state index in [-0.39, 0.29) is 18.6 Å². The van der Waals surface area contributed by atoms with E-state index in [9.17, 15) is 5.11 Å². The van der Waals surface area contributed by atoms with Gasteiger partial charge in [-0.2, -0.15) is 0 Å². The smallest absolute Gasteiger partial charge is 0.123 e. The van der Waals surface area contributed by atoms with Gasteiger partial charge >= 0.3 is 0 Å². The molecule has 1 aliphatic heterocycles. The maximum Gasteiger partial charge on any atom is 0.123 e. The molecule has 0 saturated carbocycles. The Bertz CT molecular complexity index is 358. The van der Waals surface area contributed by atoms with Gasteiger partial charge in [-0.25, -0.2) is 5.11 Å². The summed E-state index contributed by atoms with van der Waals surface area (Å²) >= 11 is 0. The van der Waals surface area contributed by atoms with E-state index in [1.54, 1.807) is 0 Å². The molecule has 2 bridgehead atoms. The van der Waals surface area contributed by atoms with Crippen LogP contribution in [0.2, 0.25) is 0 Å². The highest BCUT2D eigenvalue weighted by atomic mass is 16.5. The minimum absolute atomic E-state index is 0.0491. The van der Waals surface area contributed by atoms with Crippen LogP contribution in [0, 0.1) is 0 Å². The third kappa shape index (κ3) is 1.92. The van der Waals surface area contributed by atoms with Gasteiger partial charge in [0.2, 0.25) is 0 Å². The molecule has 0 amide bonds. The van der Waals surface area contributed by atoms with Crippen LogP contribution in [0.3, 0.4) is 0 Å². The van der Waals surface area contributed by atoms with Crippen molar-refractivity contribution in [2.45, 2.75) is 19.3 Å². The molecule has 3 heteroatoms. The van der Waals surface area contributed by atoms with Gasteiger partial charge in [0.25, 0.3) is 0 Å². The Balaban J connectivity index is 2.33. The second-order valence-electron chi connectivity index (χ2n) is 4.38. The molecule has 0 aliphatic carbocycles. The van der Waals surface area contributed by atoms with Crippen LogP contribution in [0.4, 0.5) is 0 Å². The molecule has 81 valence electrons. The monoisotopic (exact) mass is 207 g/mol. The zero-order valence-corrected chi connectivity index (χ0v) is 9.08. The predicted octanol–water partition coefficient (Wildman–Crippen LogP) is 2.17. The molecule has 0 aromatic heterocycles. The first kappa shape index (κ1) is 10.3. The molecule has 0 spiro atoms. The van der Waals surface area contributed by atoms with E-state index in [0.717, 1.165) is 17.1 Å². The molecule has 1 aromatic rings. The minimum atomic E-state index is -0.210.